The van der Waals surface area contributed by atoms with Gasteiger partial charge in [0.25, 0.3) is 11.8 Å². The number of nitrogens with zero attached hydrogens (tertiary/aromatic N) is 2. The van der Waals surface area contributed by atoms with E-state index >= 15 is 0 Å². The van der Waals surface area contributed by atoms with Crippen molar-refractivity contribution in [3.63, 3.8) is 0 Å². The Bertz CT molecular complexity index is 715. The third kappa shape index (κ3) is 2.50. The number of ether oxygens (including phenoxy) is 1. The van der Waals surface area contributed by atoms with E-state index in [4.69, 9.17) is 4.74 Å². The van der Waals surface area contributed by atoms with Gasteiger partial charge in [-0.25, -0.2) is 10.2 Å². The van der Waals surface area contributed by atoms with Crippen molar-refractivity contribution >= 4 is 17.8 Å². The third-order valence-corrected chi connectivity index (χ3v) is 4.24. The van der Waals surface area contributed by atoms with E-state index in [2.05, 4.69) is 10.9 Å². The molecule has 4 amide bonds. The number of hydrogen-bond acceptors (Lipinski definition) is 6. The van der Waals surface area contributed by atoms with Crippen LogP contribution in [0.2, 0.25) is 0 Å². The topological polar surface area (TPSA) is 91.0 Å². The highest BCUT2D eigenvalue weighted by molar-refractivity contribution is 6.28. The number of likely N-dealkylation sites (N-methyl/N-ethyl adjacent to an activating group) is 2. The Hall–Kier alpha value is -2.87. The van der Waals surface area contributed by atoms with Gasteiger partial charge >= 0.3 is 6.03 Å². The molecule has 8 nitrogen and oxygen atoms in total. The number of benzene rings is 1. The van der Waals surface area contributed by atoms with Crippen LogP contribution in [0.25, 0.3) is 0 Å². The highest BCUT2D eigenvalue weighted by Gasteiger charge is 2.41. The number of imide groups is 2. The number of carbonyl (C=O) groups is 3. The molecule has 0 saturated carbocycles. The number of hydrazine groups is 1. The first-order valence-electron chi connectivity index (χ1n) is 7.42. The Balaban J connectivity index is 1.87. The van der Waals surface area contributed by atoms with Gasteiger partial charge in [0.2, 0.25) is 0 Å². The summed E-state index contributed by atoms with van der Waals surface area (Å²) < 4.78 is 5.13. The molecule has 2 saturated heterocycles. The molecule has 1 atom stereocenters. The lowest BCUT2D eigenvalue weighted by atomic mass is 10.0. The van der Waals surface area contributed by atoms with Gasteiger partial charge in [-0.15, -0.1) is 0 Å². The predicted octanol–water partition coefficient (Wildman–Crippen LogP) is 0.539. The lowest BCUT2D eigenvalue weighted by Gasteiger charge is -2.29. The van der Waals surface area contributed by atoms with Crippen LogP contribution in [0.15, 0.2) is 35.5 Å². The number of rotatable bonds is 2. The van der Waals surface area contributed by atoms with E-state index < -0.39 is 17.8 Å². The molecule has 24 heavy (non-hydrogen) atoms. The molecule has 8 heteroatoms. The molecule has 2 N–H and O–H groups in total. The molecule has 0 aromatic heterocycles. The van der Waals surface area contributed by atoms with Crippen molar-refractivity contribution in [1.29, 1.82) is 0 Å². The van der Waals surface area contributed by atoms with Crippen molar-refractivity contribution in [2.75, 3.05) is 21.2 Å². The zero-order chi connectivity index (χ0) is 17.4. The van der Waals surface area contributed by atoms with Crippen molar-refractivity contribution < 1.29 is 19.1 Å². The van der Waals surface area contributed by atoms with E-state index in [1.54, 1.807) is 7.11 Å². The summed E-state index contributed by atoms with van der Waals surface area (Å²) in [6.07, 6.45) is 0.439. The number of urea groups is 1. The van der Waals surface area contributed by atoms with Crippen LogP contribution in [0.5, 0.6) is 5.75 Å². The predicted molar refractivity (Wildman–Crippen MR) is 84.6 cm³/mol. The molecule has 0 aliphatic carbocycles. The summed E-state index contributed by atoms with van der Waals surface area (Å²) in [5.41, 5.74) is 7.44. The van der Waals surface area contributed by atoms with Crippen molar-refractivity contribution in [2.24, 2.45) is 0 Å². The van der Waals surface area contributed by atoms with Crippen LogP contribution in [-0.4, -0.2) is 48.9 Å². The summed E-state index contributed by atoms with van der Waals surface area (Å²) in [6.45, 7) is 0. The molecule has 1 aromatic carbocycles. The van der Waals surface area contributed by atoms with Gasteiger partial charge in [0.1, 0.15) is 11.3 Å². The molecule has 2 aliphatic heterocycles. The van der Waals surface area contributed by atoms with E-state index in [0.717, 1.165) is 21.1 Å². The van der Waals surface area contributed by atoms with Crippen LogP contribution in [-0.2, 0) is 9.59 Å². The second kappa shape index (κ2) is 5.97. The van der Waals surface area contributed by atoms with E-state index in [1.165, 1.54) is 14.1 Å². The lowest BCUT2D eigenvalue weighted by Crippen LogP contribution is -2.53. The molecule has 1 unspecified atom stereocenters. The van der Waals surface area contributed by atoms with Gasteiger partial charge in [-0.1, -0.05) is 12.1 Å². The number of methoxy groups -OCH3 is 1. The SMILES string of the molecule is COc1ccc(C2CC(=C3C(=O)N(C)C(=O)N(C)C3=O)NN2)cc1. The number of nitrogens with one attached hydrogen (secondary N) is 2. The lowest BCUT2D eigenvalue weighted by molar-refractivity contribution is -0.134. The quantitative estimate of drug-likeness (QED) is 0.607. The van der Waals surface area contributed by atoms with Crippen LogP contribution < -0.4 is 15.6 Å². The minimum Gasteiger partial charge on any atom is -0.497 e. The fourth-order valence-corrected chi connectivity index (χ4v) is 2.77. The smallest absolute Gasteiger partial charge is 0.333 e. The maximum atomic E-state index is 12.3. The maximum absolute atomic E-state index is 12.3. The van der Waals surface area contributed by atoms with Crippen LogP contribution in [0.4, 0.5) is 4.79 Å². The van der Waals surface area contributed by atoms with Gasteiger partial charge in [-0.2, -0.15) is 0 Å². The average Bonchev–Trinajstić information content (AvgIpc) is 3.08. The molecule has 3 rings (SSSR count). The zero-order valence-electron chi connectivity index (χ0n) is 13.6. The first kappa shape index (κ1) is 16.0. The Morgan fingerprint density at radius 1 is 1.04 bits per heavy atom. The molecule has 2 fully saturated rings. The Labute approximate surface area is 139 Å². The van der Waals surface area contributed by atoms with Crippen molar-refractivity contribution in [3.8, 4) is 5.75 Å². The van der Waals surface area contributed by atoms with Crippen molar-refractivity contribution in [3.05, 3.63) is 41.1 Å². The Morgan fingerprint density at radius 3 is 2.17 bits per heavy atom. The Kier molecular flexibility index (Phi) is 3.98. The summed E-state index contributed by atoms with van der Waals surface area (Å²) in [5, 5.41) is 0. The summed E-state index contributed by atoms with van der Waals surface area (Å²) >= 11 is 0. The van der Waals surface area contributed by atoms with Crippen LogP contribution >= 0.6 is 0 Å². The number of carbonyl (C=O) groups excluding carboxylic acids is 3. The minimum atomic E-state index is -0.632. The van der Waals surface area contributed by atoms with E-state index in [-0.39, 0.29) is 11.6 Å². The van der Waals surface area contributed by atoms with E-state index in [1.807, 2.05) is 24.3 Å². The first-order chi connectivity index (χ1) is 11.4. The van der Waals surface area contributed by atoms with E-state index in [0.29, 0.717) is 12.1 Å². The number of amides is 4. The zero-order valence-corrected chi connectivity index (χ0v) is 13.6. The van der Waals surface area contributed by atoms with Crippen molar-refractivity contribution in [1.82, 2.24) is 20.7 Å². The van der Waals surface area contributed by atoms with Crippen LogP contribution in [0.1, 0.15) is 18.0 Å². The van der Waals surface area contributed by atoms with Gasteiger partial charge in [-0.3, -0.25) is 19.4 Å². The molecule has 2 aliphatic rings. The van der Waals surface area contributed by atoms with Crippen molar-refractivity contribution in [2.45, 2.75) is 12.5 Å². The highest BCUT2D eigenvalue weighted by Crippen LogP contribution is 2.29. The molecule has 0 radical (unpaired) electrons. The van der Waals surface area contributed by atoms with Gasteiger partial charge in [0.15, 0.2) is 0 Å². The molecular weight excluding hydrogens is 312 g/mol. The summed E-state index contributed by atoms with van der Waals surface area (Å²) in [5.74, 6) is -0.437. The maximum Gasteiger partial charge on any atom is 0.333 e. The monoisotopic (exact) mass is 330 g/mol. The van der Waals surface area contributed by atoms with Gasteiger partial charge in [0, 0.05) is 26.2 Å². The molecule has 1 aromatic rings. The van der Waals surface area contributed by atoms with Crippen LogP contribution in [0.3, 0.4) is 0 Å². The summed E-state index contributed by atoms with van der Waals surface area (Å²) in [7, 11) is 4.32. The fraction of sp³-hybridized carbons (Fsp3) is 0.312. The second-order valence-corrected chi connectivity index (χ2v) is 5.66. The van der Waals surface area contributed by atoms with Gasteiger partial charge in [-0.05, 0) is 17.7 Å². The van der Waals surface area contributed by atoms with E-state index in [9.17, 15) is 14.4 Å². The van der Waals surface area contributed by atoms with Gasteiger partial charge in [0.05, 0.1) is 13.2 Å². The molecule has 2 heterocycles. The van der Waals surface area contributed by atoms with Gasteiger partial charge < -0.3 is 10.2 Å². The third-order valence-electron chi connectivity index (χ3n) is 4.24. The highest BCUT2D eigenvalue weighted by atomic mass is 16.5. The summed E-state index contributed by atoms with van der Waals surface area (Å²) in [4.78, 5) is 38.3. The normalized spacial score (nSPS) is 21.5. The minimum absolute atomic E-state index is 0.0110. The molecule has 126 valence electrons. The largest absolute Gasteiger partial charge is 0.497 e. The Morgan fingerprint density at radius 2 is 1.62 bits per heavy atom. The first-order valence-corrected chi connectivity index (χ1v) is 7.42. The average molecular weight is 330 g/mol. The van der Waals surface area contributed by atoms with Crippen LogP contribution in [0, 0.1) is 0 Å². The summed E-state index contributed by atoms with van der Waals surface area (Å²) in [6, 6.07) is 6.80. The fourth-order valence-electron chi connectivity index (χ4n) is 2.77. The standard InChI is InChI=1S/C16H18N4O4/c1-19-14(21)13(15(22)20(2)16(19)23)12-8-11(17-18-12)9-4-6-10(24-3)7-5-9/h4-7,11,17-18H,8H2,1-3H3. The molecule has 0 bridgehead atoms. The number of barbiturate groups is 1. The second-order valence-electron chi connectivity index (χ2n) is 5.66. The molecule has 0 spiro atoms. The molecular formula is C16H18N4O4. The number of hydrogen-bond donors (Lipinski definition) is 2.